The maximum atomic E-state index is 5.83. The van der Waals surface area contributed by atoms with Crippen LogP contribution >= 0.6 is 0 Å². The van der Waals surface area contributed by atoms with E-state index in [-0.39, 0.29) is 0 Å². The number of nitrogens with two attached hydrogens (primary N) is 1. The lowest BCUT2D eigenvalue weighted by molar-refractivity contribution is 0.446. The van der Waals surface area contributed by atoms with Gasteiger partial charge < -0.3 is 20.4 Å². The zero-order chi connectivity index (χ0) is 13.4. The molecule has 1 saturated heterocycles. The summed E-state index contributed by atoms with van der Waals surface area (Å²) in [4.78, 5) is 10.8. The van der Waals surface area contributed by atoms with E-state index < -0.39 is 0 Å². The Hall–Kier alpha value is -1.82. The lowest BCUT2D eigenvalue weighted by atomic mass is 10.1. The van der Waals surface area contributed by atoms with Gasteiger partial charge >= 0.3 is 0 Å². The number of rotatable bonds is 4. The topological polar surface area (TPSA) is 80.2 Å². The Kier molecular flexibility index (Phi) is 3.02. The quantitative estimate of drug-likeness (QED) is 0.860. The molecule has 0 spiro atoms. The summed E-state index contributed by atoms with van der Waals surface area (Å²) in [5.74, 6) is 1.13. The third-order valence-electron chi connectivity index (χ3n) is 3.60. The second kappa shape index (κ2) is 4.70. The zero-order valence-corrected chi connectivity index (χ0v) is 11.3. The smallest absolute Gasteiger partial charge is 0.222 e. The fourth-order valence-electron chi connectivity index (χ4n) is 2.46. The largest absolute Gasteiger partial charge is 0.458 e. The number of nitrogens with zero attached hydrogens (tertiary/aromatic N) is 3. The van der Waals surface area contributed by atoms with Crippen molar-refractivity contribution in [3.05, 3.63) is 11.8 Å². The summed E-state index contributed by atoms with van der Waals surface area (Å²) < 4.78 is 5.67. The molecule has 1 fully saturated rings. The van der Waals surface area contributed by atoms with Crippen molar-refractivity contribution in [2.45, 2.75) is 25.8 Å². The molecule has 102 valence electrons. The molecule has 2 aromatic rings. The Bertz CT molecular complexity index is 588. The number of aromatic nitrogens is 2. The first-order valence-electron chi connectivity index (χ1n) is 6.68. The molecule has 3 heterocycles. The Morgan fingerprint density at radius 1 is 1.47 bits per heavy atom. The summed E-state index contributed by atoms with van der Waals surface area (Å²) in [6.45, 7) is 3.98. The normalized spacial score (nSPS) is 16.0. The van der Waals surface area contributed by atoms with Crippen LogP contribution in [0.4, 0.5) is 11.8 Å². The maximum Gasteiger partial charge on any atom is 0.222 e. The van der Waals surface area contributed by atoms with Crippen LogP contribution in [0.3, 0.4) is 0 Å². The first-order valence-corrected chi connectivity index (χ1v) is 6.68. The van der Waals surface area contributed by atoms with E-state index in [1.54, 1.807) is 6.26 Å². The standard InChI is InChI=1S/C13H19N5O/c1-3-4-8-7-19-11-10(8)16-13(14)17-12(11)18-5-9(6-18)15-2/h7,9,15H,3-6H2,1-2H3,(H2,14,16,17). The van der Waals surface area contributed by atoms with Gasteiger partial charge in [-0.15, -0.1) is 0 Å². The molecule has 0 unspecified atom stereocenters. The molecule has 0 bridgehead atoms. The average Bonchev–Trinajstić information content (AvgIpc) is 2.72. The highest BCUT2D eigenvalue weighted by Crippen LogP contribution is 2.31. The molecule has 1 aliphatic heterocycles. The Morgan fingerprint density at radius 2 is 2.26 bits per heavy atom. The molecule has 6 heteroatoms. The molecule has 3 N–H and O–H groups in total. The number of hydrogen-bond donors (Lipinski definition) is 2. The van der Waals surface area contributed by atoms with Crippen LogP contribution in [0.1, 0.15) is 18.9 Å². The number of hydrogen-bond acceptors (Lipinski definition) is 6. The summed E-state index contributed by atoms with van der Waals surface area (Å²) >= 11 is 0. The maximum absolute atomic E-state index is 5.83. The second-order valence-corrected chi connectivity index (χ2v) is 4.98. The molecule has 1 aliphatic rings. The van der Waals surface area contributed by atoms with Crippen molar-refractivity contribution in [1.82, 2.24) is 15.3 Å². The van der Waals surface area contributed by atoms with Gasteiger partial charge in [-0.3, -0.25) is 0 Å². The minimum Gasteiger partial charge on any atom is -0.458 e. The van der Waals surface area contributed by atoms with E-state index in [0.717, 1.165) is 48.4 Å². The van der Waals surface area contributed by atoms with Crippen LogP contribution in [0, 0.1) is 0 Å². The van der Waals surface area contributed by atoms with Crippen LogP contribution in [-0.4, -0.2) is 36.1 Å². The van der Waals surface area contributed by atoms with Crippen molar-refractivity contribution < 1.29 is 4.42 Å². The van der Waals surface area contributed by atoms with Crippen molar-refractivity contribution >= 4 is 22.9 Å². The highest BCUT2D eigenvalue weighted by atomic mass is 16.3. The molecular formula is C13H19N5O. The van der Waals surface area contributed by atoms with Crippen molar-refractivity contribution in [3.8, 4) is 0 Å². The molecule has 0 amide bonds. The van der Waals surface area contributed by atoms with Gasteiger partial charge in [0, 0.05) is 24.7 Å². The minimum atomic E-state index is 0.314. The molecule has 19 heavy (non-hydrogen) atoms. The Balaban J connectivity index is 2.00. The Morgan fingerprint density at radius 3 is 2.95 bits per heavy atom. The fraction of sp³-hybridized carbons (Fsp3) is 0.538. The third-order valence-corrected chi connectivity index (χ3v) is 3.60. The number of furan rings is 1. The molecule has 2 aromatic heterocycles. The van der Waals surface area contributed by atoms with E-state index in [1.165, 1.54) is 0 Å². The van der Waals surface area contributed by atoms with E-state index in [9.17, 15) is 0 Å². The van der Waals surface area contributed by atoms with Gasteiger partial charge in [0.05, 0.1) is 6.26 Å². The predicted molar refractivity (Wildman–Crippen MR) is 75.3 cm³/mol. The summed E-state index contributed by atoms with van der Waals surface area (Å²) in [6.07, 6.45) is 3.78. The molecule has 0 radical (unpaired) electrons. The highest BCUT2D eigenvalue weighted by Gasteiger charge is 2.29. The van der Waals surface area contributed by atoms with Crippen LogP contribution in [0.25, 0.3) is 11.1 Å². The van der Waals surface area contributed by atoms with Gasteiger partial charge in [0.2, 0.25) is 5.95 Å². The van der Waals surface area contributed by atoms with Gasteiger partial charge in [0.1, 0.15) is 5.52 Å². The monoisotopic (exact) mass is 261 g/mol. The zero-order valence-electron chi connectivity index (χ0n) is 11.3. The molecule has 3 rings (SSSR count). The van der Waals surface area contributed by atoms with Gasteiger partial charge in [0.25, 0.3) is 0 Å². The van der Waals surface area contributed by atoms with Crippen LogP contribution in [-0.2, 0) is 6.42 Å². The lowest BCUT2D eigenvalue weighted by Crippen LogP contribution is -2.57. The van der Waals surface area contributed by atoms with Crippen molar-refractivity contribution in [3.63, 3.8) is 0 Å². The average molecular weight is 261 g/mol. The molecule has 0 aliphatic carbocycles. The molecule has 0 atom stereocenters. The van der Waals surface area contributed by atoms with Crippen LogP contribution < -0.4 is 16.0 Å². The van der Waals surface area contributed by atoms with Gasteiger partial charge in [0.15, 0.2) is 11.4 Å². The Labute approximate surface area is 112 Å². The SMILES string of the molecule is CCCc1coc2c(N3CC(NC)C3)nc(N)nc12. The number of nitrogen functional groups attached to an aromatic ring is 1. The van der Waals surface area contributed by atoms with E-state index in [0.29, 0.717) is 12.0 Å². The molecule has 0 saturated carbocycles. The van der Waals surface area contributed by atoms with Gasteiger partial charge in [-0.2, -0.15) is 4.98 Å². The van der Waals surface area contributed by atoms with Crippen LogP contribution in [0.5, 0.6) is 0 Å². The van der Waals surface area contributed by atoms with E-state index in [1.807, 2.05) is 7.05 Å². The third kappa shape index (κ3) is 2.02. The lowest BCUT2D eigenvalue weighted by Gasteiger charge is -2.39. The van der Waals surface area contributed by atoms with Crippen molar-refractivity contribution in [2.75, 3.05) is 30.8 Å². The van der Waals surface area contributed by atoms with Crippen molar-refractivity contribution in [1.29, 1.82) is 0 Å². The predicted octanol–water partition coefficient (Wildman–Crippen LogP) is 1.17. The van der Waals surface area contributed by atoms with E-state index >= 15 is 0 Å². The number of fused-ring (bicyclic) bond motifs is 1. The van der Waals surface area contributed by atoms with Crippen LogP contribution in [0.2, 0.25) is 0 Å². The highest BCUT2D eigenvalue weighted by molar-refractivity contribution is 5.88. The fourth-order valence-corrected chi connectivity index (χ4v) is 2.46. The second-order valence-electron chi connectivity index (χ2n) is 4.98. The number of anilines is 2. The summed E-state index contributed by atoms with van der Waals surface area (Å²) in [6, 6.07) is 0.510. The van der Waals surface area contributed by atoms with E-state index in [4.69, 9.17) is 10.2 Å². The van der Waals surface area contributed by atoms with Gasteiger partial charge in [-0.25, -0.2) is 4.98 Å². The first kappa shape index (κ1) is 12.2. The first-order chi connectivity index (χ1) is 9.22. The number of nitrogens with one attached hydrogen (secondary N) is 1. The van der Waals surface area contributed by atoms with E-state index in [2.05, 4.69) is 27.1 Å². The number of aryl methyl sites for hydroxylation is 1. The molecule has 0 aromatic carbocycles. The van der Waals surface area contributed by atoms with Gasteiger partial charge in [-0.05, 0) is 13.5 Å². The van der Waals surface area contributed by atoms with Crippen LogP contribution in [0.15, 0.2) is 10.7 Å². The van der Waals surface area contributed by atoms with Crippen molar-refractivity contribution in [2.24, 2.45) is 0 Å². The minimum absolute atomic E-state index is 0.314. The summed E-state index contributed by atoms with van der Waals surface area (Å²) in [5.41, 5.74) is 8.55. The molecular weight excluding hydrogens is 242 g/mol. The van der Waals surface area contributed by atoms with Gasteiger partial charge in [-0.1, -0.05) is 13.3 Å². The summed E-state index contributed by atoms with van der Waals surface area (Å²) in [7, 11) is 1.97. The number of likely N-dealkylation sites (N-methyl/N-ethyl adjacent to an activating group) is 1. The summed E-state index contributed by atoms with van der Waals surface area (Å²) in [5, 5.41) is 3.24. The molecule has 6 nitrogen and oxygen atoms in total.